The van der Waals surface area contributed by atoms with E-state index in [0.717, 1.165) is 94.6 Å². The highest BCUT2D eigenvalue weighted by Gasteiger charge is 2.21. The summed E-state index contributed by atoms with van der Waals surface area (Å²) in [4.78, 5) is 15.7. The lowest BCUT2D eigenvalue weighted by atomic mass is 9.94. The molecule has 0 saturated heterocycles. The Morgan fingerprint density at radius 2 is 0.419 bits per heavy atom. The van der Waals surface area contributed by atoms with Crippen LogP contribution in [0.4, 0.5) is 0 Å². The van der Waals surface area contributed by atoms with Crippen molar-refractivity contribution in [2.75, 3.05) is 0 Å². The summed E-state index contributed by atoms with van der Waals surface area (Å²) >= 11 is 0. The zero-order chi connectivity index (χ0) is 56.9. The van der Waals surface area contributed by atoms with E-state index in [1.54, 1.807) is 0 Å². The molecular formula is C81H53N5. The van der Waals surface area contributed by atoms with Gasteiger partial charge < -0.3 is 9.13 Å². The number of para-hydroxylation sites is 4. The third kappa shape index (κ3) is 9.03. The van der Waals surface area contributed by atoms with Crippen molar-refractivity contribution in [1.82, 2.24) is 24.1 Å². The molecule has 86 heavy (non-hydrogen) atoms. The monoisotopic (exact) mass is 1100 g/mol. The quantitative estimate of drug-likeness (QED) is 0.130. The molecule has 13 aromatic carbocycles. The summed E-state index contributed by atoms with van der Waals surface area (Å²) < 4.78 is 4.83. The highest BCUT2D eigenvalue weighted by atomic mass is 15.0. The van der Waals surface area contributed by atoms with Crippen molar-refractivity contribution in [2.45, 2.75) is 0 Å². The van der Waals surface area contributed by atoms with Crippen molar-refractivity contribution in [3.8, 4) is 112 Å². The molecule has 0 amide bonds. The van der Waals surface area contributed by atoms with Gasteiger partial charge in [-0.3, -0.25) is 0 Å². The van der Waals surface area contributed by atoms with E-state index in [4.69, 9.17) is 15.0 Å². The third-order valence-corrected chi connectivity index (χ3v) is 16.8. The third-order valence-electron chi connectivity index (χ3n) is 16.8. The molecule has 3 heterocycles. The molecule has 0 aliphatic rings. The molecule has 0 radical (unpaired) electrons. The summed E-state index contributed by atoms with van der Waals surface area (Å²) in [7, 11) is 0. The first-order valence-corrected chi connectivity index (χ1v) is 29.2. The van der Waals surface area contributed by atoms with Gasteiger partial charge in [-0.1, -0.05) is 261 Å². The summed E-state index contributed by atoms with van der Waals surface area (Å²) in [5, 5.41) is 4.88. The Kier molecular flexibility index (Phi) is 12.5. The van der Waals surface area contributed by atoms with Gasteiger partial charge in [-0.2, -0.15) is 0 Å². The molecule has 16 rings (SSSR count). The van der Waals surface area contributed by atoms with Crippen LogP contribution in [-0.2, 0) is 0 Å². The van der Waals surface area contributed by atoms with E-state index >= 15 is 0 Å². The van der Waals surface area contributed by atoms with Crippen molar-refractivity contribution < 1.29 is 0 Å². The maximum absolute atomic E-state index is 5.30. The molecule has 0 aliphatic carbocycles. The van der Waals surface area contributed by atoms with Crippen LogP contribution in [0.2, 0.25) is 0 Å². The number of aromatic nitrogens is 5. The maximum Gasteiger partial charge on any atom is 0.164 e. The summed E-state index contributed by atoms with van der Waals surface area (Å²) in [5.41, 5.74) is 23.2. The fraction of sp³-hybridized carbons (Fsp3) is 0. The average molecular weight is 1100 g/mol. The lowest BCUT2D eigenvalue weighted by Gasteiger charge is -2.17. The fourth-order valence-electron chi connectivity index (χ4n) is 12.6. The Morgan fingerprint density at radius 3 is 0.767 bits per heavy atom. The summed E-state index contributed by atoms with van der Waals surface area (Å²) in [6.45, 7) is 0. The average Bonchev–Trinajstić information content (AvgIpc) is 2.58. The van der Waals surface area contributed by atoms with Gasteiger partial charge in [0, 0.05) is 49.4 Å². The minimum absolute atomic E-state index is 0.595. The molecule has 0 aliphatic heterocycles. The van der Waals surface area contributed by atoms with Gasteiger partial charge in [0.25, 0.3) is 0 Å². The fourth-order valence-corrected chi connectivity index (χ4v) is 12.6. The van der Waals surface area contributed by atoms with Gasteiger partial charge in [0.05, 0.1) is 33.4 Å². The molecule has 3 aromatic heterocycles. The van der Waals surface area contributed by atoms with Crippen LogP contribution < -0.4 is 0 Å². The number of hydrogen-bond donors (Lipinski definition) is 0. The summed E-state index contributed by atoms with van der Waals surface area (Å²) in [6, 6.07) is 115. The zero-order valence-corrected chi connectivity index (χ0v) is 46.8. The Labute approximate surface area is 498 Å². The topological polar surface area (TPSA) is 48.5 Å². The van der Waals surface area contributed by atoms with Gasteiger partial charge in [0.1, 0.15) is 0 Å². The van der Waals surface area contributed by atoms with Crippen molar-refractivity contribution in [3.63, 3.8) is 0 Å². The number of rotatable bonds is 11. The van der Waals surface area contributed by atoms with Crippen LogP contribution in [0.5, 0.6) is 0 Å². The number of fused-ring (bicyclic) bond motifs is 6. The Morgan fingerprint density at radius 1 is 0.174 bits per heavy atom. The molecular weight excluding hydrogens is 1040 g/mol. The predicted molar refractivity (Wildman–Crippen MR) is 357 cm³/mol. The largest absolute Gasteiger partial charge is 0.309 e. The van der Waals surface area contributed by atoms with Crippen molar-refractivity contribution >= 4 is 43.6 Å². The molecule has 5 nitrogen and oxygen atoms in total. The van der Waals surface area contributed by atoms with E-state index in [2.05, 4.69) is 312 Å². The lowest BCUT2D eigenvalue weighted by molar-refractivity contribution is 1.07. The van der Waals surface area contributed by atoms with Crippen LogP contribution in [0.25, 0.3) is 156 Å². The van der Waals surface area contributed by atoms with Gasteiger partial charge in [-0.15, -0.1) is 0 Å². The first-order chi connectivity index (χ1) is 42.6. The second kappa shape index (κ2) is 21.3. The standard InChI is InChI=1S/C81H53N5/c1-4-20-54(21-5-1)61-26-18-28-63(50-61)65-46-48-77(85-73-34-14-10-30-67(73)68-31-11-15-35-74(68)85)71(52-65)56-38-42-59(43-39-56)80-82-79(58-24-8-3-9-25-58)83-81(84-80)60-44-40-57(41-45-60)72-53-66(64-29-19-27-62(51-64)55-22-6-2-7-23-55)47-49-78(72)86-75-36-16-12-32-69(75)70-33-13-17-37-76(70)86/h1-53H. The van der Waals surface area contributed by atoms with Gasteiger partial charge in [0.15, 0.2) is 17.5 Å². The predicted octanol–water partition coefficient (Wildman–Crippen LogP) is 21.1. The minimum Gasteiger partial charge on any atom is -0.309 e. The van der Waals surface area contributed by atoms with Gasteiger partial charge >= 0.3 is 0 Å². The van der Waals surface area contributed by atoms with Crippen LogP contribution in [-0.4, -0.2) is 24.1 Å². The minimum atomic E-state index is 0.595. The van der Waals surface area contributed by atoms with Crippen LogP contribution in [0, 0.1) is 0 Å². The zero-order valence-electron chi connectivity index (χ0n) is 46.8. The summed E-state index contributed by atoms with van der Waals surface area (Å²) in [6.07, 6.45) is 0. The number of hydrogen-bond acceptors (Lipinski definition) is 3. The first kappa shape index (κ1) is 50.2. The van der Waals surface area contributed by atoms with Crippen LogP contribution in [0.3, 0.4) is 0 Å². The normalized spacial score (nSPS) is 11.5. The highest BCUT2D eigenvalue weighted by molar-refractivity contribution is 6.11. The van der Waals surface area contributed by atoms with Crippen LogP contribution in [0.15, 0.2) is 322 Å². The molecule has 0 fully saturated rings. The van der Waals surface area contributed by atoms with Crippen LogP contribution >= 0.6 is 0 Å². The van der Waals surface area contributed by atoms with E-state index in [0.29, 0.717) is 17.5 Å². The van der Waals surface area contributed by atoms with E-state index in [-0.39, 0.29) is 0 Å². The van der Waals surface area contributed by atoms with E-state index in [1.165, 1.54) is 43.8 Å². The van der Waals surface area contributed by atoms with E-state index in [1.807, 2.05) is 18.2 Å². The van der Waals surface area contributed by atoms with Gasteiger partial charge in [0.2, 0.25) is 0 Å². The molecule has 5 heteroatoms. The maximum atomic E-state index is 5.30. The smallest absolute Gasteiger partial charge is 0.164 e. The molecule has 0 saturated carbocycles. The number of benzene rings is 13. The SMILES string of the molecule is c1ccc(-c2cccc(-c3ccc(-n4c5ccccc5c5ccccc54)c(-c4ccc(-c5nc(-c6ccccc6)nc(-c6ccc(-c7cc(-c8cccc(-c9ccccc9)c8)ccc7-n7c8ccccc8c8ccccc87)cc6)n5)cc4)c3)c2)cc1. The van der Waals surface area contributed by atoms with Gasteiger partial charge in [-0.25, -0.2) is 15.0 Å². The van der Waals surface area contributed by atoms with E-state index < -0.39 is 0 Å². The molecule has 402 valence electrons. The van der Waals surface area contributed by atoms with E-state index in [9.17, 15) is 0 Å². The van der Waals surface area contributed by atoms with Crippen molar-refractivity contribution in [1.29, 1.82) is 0 Å². The Hall–Kier alpha value is -11.5. The second-order valence-electron chi connectivity index (χ2n) is 21.9. The molecule has 0 bridgehead atoms. The Balaban J connectivity index is 0.809. The molecule has 0 unspecified atom stereocenters. The van der Waals surface area contributed by atoms with Crippen molar-refractivity contribution in [2.24, 2.45) is 0 Å². The highest BCUT2D eigenvalue weighted by Crippen LogP contribution is 2.42. The first-order valence-electron chi connectivity index (χ1n) is 29.2. The molecule has 0 atom stereocenters. The number of nitrogens with zero attached hydrogens (tertiary/aromatic N) is 5. The van der Waals surface area contributed by atoms with Crippen LogP contribution in [0.1, 0.15) is 0 Å². The molecule has 0 spiro atoms. The second-order valence-corrected chi connectivity index (χ2v) is 21.9. The lowest BCUT2D eigenvalue weighted by Crippen LogP contribution is -2.01. The Bertz CT molecular complexity index is 4790. The van der Waals surface area contributed by atoms with Gasteiger partial charge in [-0.05, 0) is 116 Å². The molecule has 16 aromatic rings. The summed E-state index contributed by atoms with van der Waals surface area (Å²) in [5.74, 6) is 1.80. The molecule has 0 N–H and O–H groups in total. The van der Waals surface area contributed by atoms with Crippen molar-refractivity contribution in [3.05, 3.63) is 322 Å².